The van der Waals surface area contributed by atoms with E-state index in [2.05, 4.69) is 23.7 Å². The molecule has 1 fully saturated rings. The zero-order valence-electron chi connectivity index (χ0n) is 13.1. The molecule has 4 nitrogen and oxygen atoms in total. The normalized spacial score (nSPS) is 23.0. The molecule has 22 heavy (non-hydrogen) atoms. The number of nitrogens with zero attached hydrogens (tertiary/aromatic N) is 3. The molecule has 3 rings (SSSR count). The van der Waals surface area contributed by atoms with E-state index in [1.54, 1.807) is 29.1 Å². The molecule has 0 amide bonds. The first-order chi connectivity index (χ1) is 10.5. The molecule has 1 aliphatic rings. The summed E-state index contributed by atoms with van der Waals surface area (Å²) in [5, 5.41) is 1.12. The fraction of sp³-hybridized carbons (Fsp3) is 0.529. The summed E-state index contributed by atoms with van der Waals surface area (Å²) >= 11 is 6.09. The zero-order chi connectivity index (χ0) is 15.7. The van der Waals surface area contributed by atoms with E-state index in [1.807, 2.05) is 0 Å². The SMILES string of the molecule is C[C@@H]1C[C@@H](C)CN(CCn2cnc3c(Cl)cccc3c2=O)C1. The lowest BCUT2D eigenvalue weighted by Crippen LogP contribution is -2.41. The van der Waals surface area contributed by atoms with E-state index >= 15 is 0 Å². The second-order valence-electron chi connectivity index (χ2n) is 6.58. The highest BCUT2D eigenvalue weighted by Gasteiger charge is 2.21. The number of hydrogen-bond donors (Lipinski definition) is 0. The van der Waals surface area contributed by atoms with E-state index in [-0.39, 0.29) is 5.56 Å². The van der Waals surface area contributed by atoms with Crippen molar-refractivity contribution in [2.24, 2.45) is 11.8 Å². The minimum atomic E-state index is -0.00870. The summed E-state index contributed by atoms with van der Waals surface area (Å²) in [7, 11) is 0. The number of rotatable bonds is 3. The van der Waals surface area contributed by atoms with E-state index in [0.29, 0.717) is 22.5 Å². The summed E-state index contributed by atoms with van der Waals surface area (Å²) < 4.78 is 1.70. The smallest absolute Gasteiger partial charge is 0.261 e. The maximum atomic E-state index is 12.5. The third-order valence-electron chi connectivity index (χ3n) is 4.41. The first-order valence-electron chi connectivity index (χ1n) is 7.90. The Morgan fingerprint density at radius 3 is 2.68 bits per heavy atom. The van der Waals surface area contributed by atoms with Crippen LogP contribution in [-0.2, 0) is 6.54 Å². The van der Waals surface area contributed by atoms with E-state index < -0.39 is 0 Å². The van der Waals surface area contributed by atoms with Crippen molar-refractivity contribution in [2.75, 3.05) is 19.6 Å². The van der Waals surface area contributed by atoms with Gasteiger partial charge in [0.1, 0.15) is 0 Å². The Labute approximate surface area is 135 Å². The van der Waals surface area contributed by atoms with Gasteiger partial charge in [-0.3, -0.25) is 9.36 Å². The monoisotopic (exact) mass is 319 g/mol. The molecular weight excluding hydrogens is 298 g/mol. The Hall–Kier alpha value is -1.39. The van der Waals surface area contributed by atoms with Crippen LogP contribution >= 0.6 is 11.6 Å². The quantitative estimate of drug-likeness (QED) is 0.873. The number of benzene rings is 1. The standard InChI is InChI=1S/C17H22ClN3O/c1-12-8-13(2)10-20(9-12)6-7-21-11-19-16-14(17(21)22)4-3-5-15(16)18/h3-5,11-13H,6-10H2,1-2H3/t12-,13-/m1/s1. The molecule has 2 heterocycles. The molecule has 0 spiro atoms. The molecule has 2 atom stereocenters. The highest BCUT2D eigenvalue weighted by molar-refractivity contribution is 6.34. The minimum absolute atomic E-state index is 0.00870. The van der Waals surface area contributed by atoms with Gasteiger partial charge in [-0.1, -0.05) is 31.5 Å². The van der Waals surface area contributed by atoms with Crippen molar-refractivity contribution in [3.63, 3.8) is 0 Å². The Morgan fingerprint density at radius 1 is 1.23 bits per heavy atom. The first-order valence-corrected chi connectivity index (χ1v) is 8.28. The Bertz CT molecular complexity index is 717. The topological polar surface area (TPSA) is 38.1 Å². The molecule has 0 aliphatic carbocycles. The van der Waals surface area contributed by atoms with Crippen LogP contribution in [0, 0.1) is 11.8 Å². The predicted molar refractivity (Wildman–Crippen MR) is 90.4 cm³/mol. The number of para-hydroxylation sites is 1. The highest BCUT2D eigenvalue weighted by Crippen LogP contribution is 2.21. The van der Waals surface area contributed by atoms with Gasteiger partial charge < -0.3 is 4.90 Å². The van der Waals surface area contributed by atoms with Gasteiger partial charge in [-0.2, -0.15) is 0 Å². The van der Waals surface area contributed by atoms with Crippen LogP contribution in [0.25, 0.3) is 10.9 Å². The molecule has 1 aliphatic heterocycles. The lowest BCUT2D eigenvalue weighted by Gasteiger charge is -2.34. The van der Waals surface area contributed by atoms with Crippen molar-refractivity contribution < 1.29 is 0 Å². The summed E-state index contributed by atoms with van der Waals surface area (Å²) in [5.74, 6) is 1.46. The number of halogens is 1. The summed E-state index contributed by atoms with van der Waals surface area (Å²) in [5.41, 5.74) is 0.580. The average molecular weight is 320 g/mol. The molecule has 2 aromatic rings. The van der Waals surface area contributed by atoms with Crippen molar-refractivity contribution in [3.8, 4) is 0 Å². The van der Waals surface area contributed by atoms with E-state index in [0.717, 1.165) is 31.5 Å². The zero-order valence-corrected chi connectivity index (χ0v) is 13.9. The largest absolute Gasteiger partial charge is 0.301 e. The van der Waals surface area contributed by atoms with Crippen LogP contribution in [0.1, 0.15) is 20.3 Å². The second-order valence-corrected chi connectivity index (χ2v) is 6.99. The number of hydrogen-bond acceptors (Lipinski definition) is 3. The van der Waals surface area contributed by atoms with E-state index in [9.17, 15) is 4.79 Å². The fourth-order valence-electron chi connectivity index (χ4n) is 3.54. The van der Waals surface area contributed by atoms with Gasteiger partial charge in [0, 0.05) is 26.2 Å². The van der Waals surface area contributed by atoms with Crippen molar-refractivity contribution in [2.45, 2.75) is 26.8 Å². The Balaban J connectivity index is 1.77. The van der Waals surface area contributed by atoms with E-state index in [4.69, 9.17) is 11.6 Å². The molecule has 0 N–H and O–H groups in total. The number of piperidine rings is 1. The van der Waals surface area contributed by atoms with Gasteiger partial charge in [0.25, 0.3) is 5.56 Å². The van der Waals surface area contributed by atoms with Gasteiger partial charge in [0.15, 0.2) is 0 Å². The third kappa shape index (κ3) is 3.18. The lowest BCUT2D eigenvalue weighted by molar-refractivity contribution is 0.136. The van der Waals surface area contributed by atoms with Crippen molar-refractivity contribution in [1.82, 2.24) is 14.5 Å². The number of aromatic nitrogens is 2. The average Bonchev–Trinajstić information content (AvgIpc) is 2.46. The summed E-state index contributed by atoms with van der Waals surface area (Å²) in [4.78, 5) is 19.3. The molecule has 0 radical (unpaired) electrons. The first kappa shape index (κ1) is 15.5. The van der Waals surface area contributed by atoms with Crippen LogP contribution in [0.2, 0.25) is 5.02 Å². The summed E-state index contributed by atoms with van der Waals surface area (Å²) in [6, 6.07) is 5.35. The van der Waals surface area contributed by atoms with Crippen molar-refractivity contribution in [1.29, 1.82) is 0 Å². The van der Waals surface area contributed by atoms with E-state index in [1.165, 1.54) is 6.42 Å². The van der Waals surface area contributed by atoms with Crippen LogP contribution in [0.15, 0.2) is 29.3 Å². The van der Waals surface area contributed by atoms with Crippen LogP contribution < -0.4 is 5.56 Å². The Kier molecular flexibility index (Phi) is 4.50. The van der Waals surface area contributed by atoms with Gasteiger partial charge >= 0.3 is 0 Å². The number of likely N-dealkylation sites (tertiary alicyclic amines) is 1. The fourth-order valence-corrected chi connectivity index (χ4v) is 3.76. The lowest BCUT2D eigenvalue weighted by atomic mass is 9.92. The van der Waals surface area contributed by atoms with Gasteiger partial charge in [0.05, 0.1) is 22.3 Å². The Morgan fingerprint density at radius 2 is 1.95 bits per heavy atom. The third-order valence-corrected chi connectivity index (χ3v) is 4.71. The molecule has 5 heteroatoms. The molecule has 0 bridgehead atoms. The maximum absolute atomic E-state index is 12.5. The predicted octanol–water partition coefficient (Wildman–Crippen LogP) is 3.03. The summed E-state index contributed by atoms with van der Waals surface area (Å²) in [6.45, 7) is 8.40. The molecule has 1 aromatic carbocycles. The molecular formula is C17H22ClN3O. The van der Waals surface area contributed by atoms with Gasteiger partial charge in [-0.05, 0) is 30.4 Å². The minimum Gasteiger partial charge on any atom is -0.301 e. The highest BCUT2D eigenvalue weighted by atomic mass is 35.5. The van der Waals surface area contributed by atoms with Gasteiger partial charge in [0.2, 0.25) is 0 Å². The molecule has 1 aromatic heterocycles. The molecule has 0 unspecified atom stereocenters. The second kappa shape index (κ2) is 6.39. The number of fused-ring (bicyclic) bond motifs is 1. The molecule has 1 saturated heterocycles. The summed E-state index contributed by atoms with van der Waals surface area (Å²) in [6.07, 6.45) is 2.92. The molecule has 118 valence electrons. The van der Waals surface area contributed by atoms with Crippen LogP contribution in [0.3, 0.4) is 0 Å². The molecule has 0 saturated carbocycles. The maximum Gasteiger partial charge on any atom is 0.261 e. The van der Waals surface area contributed by atoms with Crippen LogP contribution in [-0.4, -0.2) is 34.1 Å². The van der Waals surface area contributed by atoms with Gasteiger partial charge in [-0.15, -0.1) is 0 Å². The van der Waals surface area contributed by atoms with Crippen molar-refractivity contribution >= 4 is 22.5 Å². The van der Waals surface area contributed by atoms with Crippen molar-refractivity contribution in [3.05, 3.63) is 39.9 Å². The van der Waals surface area contributed by atoms with Crippen LogP contribution in [0.4, 0.5) is 0 Å². The van der Waals surface area contributed by atoms with Gasteiger partial charge in [-0.25, -0.2) is 4.98 Å². The van der Waals surface area contributed by atoms with Crippen LogP contribution in [0.5, 0.6) is 0 Å².